The number of aryl methyl sites for hydroxylation is 2. The first-order chi connectivity index (χ1) is 18.0. The summed E-state index contributed by atoms with van der Waals surface area (Å²) in [5.74, 6) is -0.755. The quantitative estimate of drug-likeness (QED) is 0.298. The van der Waals surface area contributed by atoms with Crippen LogP contribution in [0.25, 0.3) is 22.0 Å². The van der Waals surface area contributed by atoms with E-state index in [2.05, 4.69) is 20.7 Å². The molecule has 3 amide bonds. The molecule has 38 heavy (non-hydrogen) atoms. The van der Waals surface area contributed by atoms with E-state index < -0.39 is 17.6 Å². The van der Waals surface area contributed by atoms with Crippen LogP contribution in [-0.2, 0) is 17.8 Å². The summed E-state index contributed by atoms with van der Waals surface area (Å²) in [6, 6.07) is 4.94. The zero-order valence-corrected chi connectivity index (χ0v) is 22.0. The van der Waals surface area contributed by atoms with Gasteiger partial charge < -0.3 is 24.8 Å². The van der Waals surface area contributed by atoms with Crippen molar-refractivity contribution >= 4 is 45.9 Å². The van der Waals surface area contributed by atoms with E-state index >= 15 is 0 Å². The highest BCUT2D eigenvalue weighted by Crippen LogP contribution is 2.32. The van der Waals surface area contributed by atoms with E-state index in [9.17, 15) is 14.4 Å². The molecule has 0 unspecified atom stereocenters. The molecule has 0 radical (unpaired) electrons. The van der Waals surface area contributed by atoms with Crippen LogP contribution in [0.1, 0.15) is 54.2 Å². The minimum Gasteiger partial charge on any atom is -0.462 e. The predicted octanol–water partition coefficient (Wildman–Crippen LogP) is 3.74. The Morgan fingerprint density at radius 2 is 1.97 bits per heavy atom. The summed E-state index contributed by atoms with van der Waals surface area (Å²) in [5, 5.41) is 10.4. The van der Waals surface area contributed by atoms with Gasteiger partial charge in [-0.05, 0) is 52.8 Å². The van der Waals surface area contributed by atoms with E-state index in [1.54, 1.807) is 54.3 Å². The molecule has 3 aromatic heterocycles. The Labute approximate surface area is 218 Å². The number of allylic oxidation sites excluding steroid dienone is 1. The van der Waals surface area contributed by atoms with Gasteiger partial charge in [0.15, 0.2) is 5.58 Å². The van der Waals surface area contributed by atoms with Crippen LogP contribution in [-0.4, -0.2) is 49.4 Å². The molecule has 0 saturated carbocycles. The van der Waals surface area contributed by atoms with Crippen molar-refractivity contribution in [1.82, 2.24) is 24.6 Å². The fourth-order valence-corrected chi connectivity index (χ4v) is 4.06. The van der Waals surface area contributed by atoms with E-state index in [-0.39, 0.29) is 30.5 Å². The Morgan fingerprint density at radius 1 is 1.21 bits per heavy atom. The van der Waals surface area contributed by atoms with Crippen molar-refractivity contribution in [2.45, 2.75) is 53.3 Å². The minimum absolute atomic E-state index is 0.236. The average molecular weight is 522 g/mol. The van der Waals surface area contributed by atoms with E-state index in [4.69, 9.17) is 14.9 Å². The second kappa shape index (κ2) is 10.4. The molecule has 0 aliphatic heterocycles. The molecule has 200 valence electrons. The number of hydrogen-bond donors (Lipinski definition) is 3. The fourth-order valence-electron chi connectivity index (χ4n) is 4.06. The Morgan fingerprint density at radius 3 is 2.66 bits per heavy atom. The van der Waals surface area contributed by atoms with Crippen LogP contribution in [0.3, 0.4) is 0 Å². The Balaban J connectivity index is 1.68. The summed E-state index contributed by atoms with van der Waals surface area (Å²) in [7, 11) is 0. The third-order valence-corrected chi connectivity index (χ3v) is 5.59. The fraction of sp³-hybridized carbons (Fsp3) is 0.346. The van der Waals surface area contributed by atoms with Gasteiger partial charge in [-0.15, -0.1) is 0 Å². The lowest BCUT2D eigenvalue weighted by Crippen LogP contribution is -2.32. The van der Waals surface area contributed by atoms with Crippen LogP contribution >= 0.6 is 0 Å². The lowest BCUT2D eigenvalue weighted by molar-refractivity contribution is 0.0533. The number of amides is 3. The third-order valence-electron chi connectivity index (χ3n) is 5.59. The highest BCUT2D eigenvalue weighted by molar-refractivity contribution is 6.14. The van der Waals surface area contributed by atoms with Gasteiger partial charge >= 0.3 is 6.09 Å². The topological polar surface area (TPSA) is 159 Å². The van der Waals surface area contributed by atoms with E-state index in [0.717, 1.165) is 0 Å². The van der Waals surface area contributed by atoms with Gasteiger partial charge in [0.05, 0.1) is 23.0 Å². The van der Waals surface area contributed by atoms with Crippen molar-refractivity contribution in [3.63, 3.8) is 0 Å². The van der Waals surface area contributed by atoms with E-state index in [0.29, 0.717) is 39.9 Å². The number of benzene rings is 1. The number of ether oxygens (including phenoxy) is 1. The number of rotatable bonds is 8. The first-order valence-corrected chi connectivity index (χ1v) is 12.2. The van der Waals surface area contributed by atoms with Gasteiger partial charge in [0.1, 0.15) is 16.8 Å². The van der Waals surface area contributed by atoms with Crippen molar-refractivity contribution in [2.75, 3.05) is 11.9 Å². The second-order valence-corrected chi connectivity index (χ2v) is 9.66. The standard InChI is InChI=1S/C26H31N7O5/c1-6-33-19(13-15(2)31-33)23(35)30-24-29-18-14-17(22(27)34)16-9-12-37-21(16)20(18)32(24)11-8-7-10-28-25(36)38-26(3,4)5/h7-9,12-14H,6,10-11H2,1-5H3,(H2,27,34)(H,28,36)(H,29,30,35)/b8-7+. The number of furan rings is 1. The summed E-state index contributed by atoms with van der Waals surface area (Å²) in [5.41, 5.74) is 7.79. The molecule has 4 rings (SSSR count). The number of aromatic nitrogens is 4. The van der Waals surface area contributed by atoms with Crippen LogP contribution in [0.15, 0.2) is 41.0 Å². The van der Waals surface area contributed by atoms with Gasteiger partial charge in [-0.25, -0.2) is 9.78 Å². The molecule has 0 spiro atoms. The maximum Gasteiger partial charge on any atom is 0.407 e. The number of alkyl carbamates (subject to hydrolysis) is 1. The van der Waals surface area contributed by atoms with Gasteiger partial charge in [0.25, 0.3) is 5.91 Å². The van der Waals surface area contributed by atoms with Crippen molar-refractivity contribution in [1.29, 1.82) is 0 Å². The van der Waals surface area contributed by atoms with Gasteiger partial charge in [0.2, 0.25) is 11.9 Å². The molecule has 0 atom stereocenters. The molecular formula is C26H31N7O5. The number of carbonyl (C=O) groups is 3. The molecule has 0 aliphatic rings. The molecule has 4 aromatic rings. The molecular weight excluding hydrogens is 490 g/mol. The maximum absolute atomic E-state index is 13.2. The second-order valence-electron chi connectivity index (χ2n) is 9.66. The number of hydrogen-bond acceptors (Lipinski definition) is 7. The first-order valence-electron chi connectivity index (χ1n) is 12.2. The van der Waals surface area contributed by atoms with E-state index in [1.165, 1.54) is 6.26 Å². The monoisotopic (exact) mass is 521 g/mol. The van der Waals surface area contributed by atoms with Crippen LogP contribution in [0.2, 0.25) is 0 Å². The number of nitrogens with two attached hydrogens (primary N) is 1. The SMILES string of the molecule is CCn1nc(C)cc1C(=O)Nc1nc2cc(C(N)=O)c3ccoc3c2n1C/C=C/CNC(=O)OC(C)(C)C. The molecule has 0 aliphatic carbocycles. The average Bonchev–Trinajstić information content (AvgIpc) is 3.53. The first kappa shape index (κ1) is 26.5. The lowest BCUT2D eigenvalue weighted by atomic mass is 10.1. The molecule has 0 bridgehead atoms. The number of fused-ring (bicyclic) bond motifs is 3. The summed E-state index contributed by atoms with van der Waals surface area (Å²) < 4.78 is 14.3. The molecule has 0 saturated heterocycles. The Bertz CT molecular complexity index is 1550. The van der Waals surface area contributed by atoms with Crippen molar-refractivity contribution in [3.8, 4) is 0 Å². The molecule has 3 heterocycles. The summed E-state index contributed by atoms with van der Waals surface area (Å²) >= 11 is 0. The Kier molecular flexibility index (Phi) is 7.24. The molecule has 12 heteroatoms. The highest BCUT2D eigenvalue weighted by atomic mass is 16.6. The number of primary amides is 1. The van der Waals surface area contributed by atoms with Crippen LogP contribution in [0, 0.1) is 6.92 Å². The van der Waals surface area contributed by atoms with Crippen LogP contribution in [0.4, 0.5) is 10.7 Å². The van der Waals surface area contributed by atoms with Crippen molar-refractivity contribution < 1.29 is 23.5 Å². The zero-order valence-electron chi connectivity index (χ0n) is 22.0. The number of nitrogens with one attached hydrogen (secondary N) is 2. The molecule has 1 aromatic carbocycles. The Hall–Kier alpha value is -4.61. The van der Waals surface area contributed by atoms with Gasteiger partial charge in [0, 0.05) is 25.0 Å². The molecule has 0 fully saturated rings. The van der Waals surface area contributed by atoms with Crippen LogP contribution < -0.4 is 16.4 Å². The largest absolute Gasteiger partial charge is 0.462 e. The number of carbonyl (C=O) groups excluding carboxylic acids is 3. The summed E-state index contributed by atoms with van der Waals surface area (Å²) in [6.07, 6.45) is 4.51. The summed E-state index contributed by atoms with van der Waals surface area (Å²) in [6.45, 7) is 10.1. The minimum atomic E-state index is -0.617. The number of imidazole rings is 1. The summed E-state index contributed by atoms with van der Waals surface area (Å²) in [4.78, 5) is 41.8. The zero-order chi connectivity index (χ0) is 27.6. The van der Waals surface area contributed by atoms with Gasteiger partial charge in [-0.3, -0.25) is 19.6 Å². The predicted molar refractivity (Wildman–Crippen MR) is 142 cm³/mol. The van der Waals surface area contributed by atoms with E-state index in [1.807, 2.05) is 19.9 Å². The molecule has 12 nitrogen and oxygen atoms in total. The number of anilines is 1. The maximum atomic E-state index is 13.2. The van der Waals surface area contributed by atoms with Crippen molar-refractivity contribution in [2.24, 2.45) is 5.73 Å². The van der Waals surface area contributed by atoms with Crippen LogP contribution in [0.5, 0.6) is 0 Å². The number of nitrogens with zero attached hydrogens (tertiary/aromatic N) is 4. The highest BCUT2D eigenvalue weighted by Gasteiger charge is 2.22. The smallest absolute Gasteiger partial charge is 0.407 e. The lowest BCUT2D eigenvalue weighted by Gasteiger charge is -2.19. The normalized spacial score (nSPS) is 11.9. The van der Waals surface area contributed by atoms with Gasteiger partial charge in [-0.2, -0.15) is 5.10 Å². The van der Waals surface area contributed by atoms with Crippen molar-refractivity contribution in [3.05, 3.63) is 53.6 Å². The molecule has 4 N–H and O–H groups in total. The third kappa shape index (κ3) is 5.53. The van der Waals surface area contributed by atoms with Gasteiger partial charge in [-0.1, -0.05) is 12.2 Å².